The third kappa shape index (κ3) is 4.46. The van der Waals surface area contributed by atoms with E-state index in [1.807, 2.05) is 37.4 Å². The molecule has 0 aliphatic rings. The number of nitrogens with one attached hydrogen (secondary N) is 2. The van der Waals surface area contributed by atoms with E-state index < -0.39 is 5.63 Å². The zero-order chi connectivity index (χ0) is 22.7. The van der Waals surface area contributed by atoms with Gasteiger partial charge in [0.1, 0.15) is 17.1 Å². The molecule has 0 bridgehead atoms. The van der Waals surface area contributed by atoms with E-state index in [1.165, 1.54) is 6.07 Å². The zero-order valence-corrected chi connectivity index (χ0v) is 18.4. The molecule has 4 aromatic rings. The predicted molar refractivity (Wildman–Crippen MR) is 124 cm³/mol. The van der Waals surface area contributed by atoms with E-state index in [9.17, 15) is 9.59 Å². The van der Waals surface area contributed by atoms with Crippen molar-refractivity contribution in [2.75, 3.05) is 20.8 Å². The summed E-state index contributed by atoms with van der Waals surface area (Å²) < 4.78 is 16.0. The number of carbonyl (C=O) groups is 1. The van der Waals surface area contributed by atoms with Gasteiger partial charge in [-0.1, -0.05) is 0 Å². The highest BCUT2D eigenvalue weighted by Gasteiger charge is 2.12. The number of aromatic nitrogens is 1. The van der Waals surface area contributed by atoms with E-state index in [-0.39, 0.29) is 5.91 Å². The monoisotopic (exact) mass is 434 g/mol. The number of methoxy groups -OCH3 is 2. The number of hydrogen-bond acceptors (Lipinski definition) is 5. The molecule has 0 radical (unpaired) electrons. The molecule has 0 atom stereocenters. The van der Waals surface area contributed by atoms with Gasteiger partial charge in [-0.2, -0.15) is 0 Å². The maximum Gasteiger partial charge on any atom is 0.336 e. The second-order valence-electron chi connectivity index (χ2n) is 7.73. The molecule has 7 heteroatoms. The number of carbonyl (C=O) groups excluding carboxylic acids is 1. The summed E-state index contributed by atoms with van der Waals surface area (Å²) in [6, 6.07) is 11.0. The van der Waals surface area contributed by atoms with Crippen molar-refractivity contribution in [3.63, 3.8) is 0 Å². The van der Waals surface area contributed by atoms with Crippen LogP contribution in [0.4, 0.5) is 0 Å². The lowest BCUT2D eigenvalue weighted by Gasteiger charge is -2.11. The summed E-state index contributed by atoms with van der Waals surface area (Å²) in [5.41, 5.74) is 4.00. The first kappa shape index (κ1) is 21.5. The lowest BCUT2D eigenvalue weighted by atomic mass is 10.0. The van der Waals surface area contributed by atoms with E-state index in [1.54, 1.807) is 20.3 Å². The van der Waals surface area contributed by atoms with Crippen molar-refractivity contribution >= 4 is 27.8 Å². The van der Waals surface area contributed by atoms with Crippen LogP contribution in [-0.4, -0.2) is 31.7 Å². The molecular formula is C25H26N2O5. The van der Waals surface area contributed by atoms with Crippen molar-refractivity contribution < 1.29 is 18.7 Å². The molecule has 1 amide bonds. The normalized spacial score (nSPS) is 11.1. The van der Waals surface area contributed by atoms with Gasteiger partial charge in [-0.3, -0.25) is 4.79 Å². The van der Waals surface area contributed by atoms with Gasteiger partial charge in [-0.15, -0.1) is 0 Å². The standard InChI is InChI=1S/C25H26N2O5/c1-15-10-25(29)32-23-13-22(31-3)16(11-19(15)23)4-7-24(28)26-9-8-17-14-27-21-6-5-18(30-2)12-20(17)21/h5-6,10-14,27H,4,7-9H2,1-3H3,(H,26,28). The quantitative estimate of drug-likeness (QED) is 0.411. The van der Waals surface area contributed by atoms with Crippen molar-refractivity contribution in [2.24, 2.45) is 0 Å². The molecule has 0 saturated heterocycles. The molecule has 0 fully saturated rings. The fourth-order valence-electron chi connectivity index (χ4n) is 3.94. The van der Waals surface area contributed by atoms with Gasteiger partial charge < -0.3 is 24.2 Å². The Kier molecular flexibility index (Phi) is 6.16. The number of aryl methyl sites for hydroxylation is 2. The summed E-state index contributed by atoms with van der Waals surface area (Å²) >= 11 is 0. The highest BCUT2D eigenvalue weighted by Crippen LogP contribution is 2.28. The van der Waals surface area contributed by atoms with Crippen LogP contribution in [0.15, 0.2) is 51.8 Å². The molecule has 0 aliphatic heterocycles. The zero-order valence-electron chi connectivity index (χ0n) is 18.4. The van der Waals surface area contributed by atoms with E-state index in [0.717, 1.165) is 45.1 Å². The summed E-state index contributed by atoms with van der Waals surface area (Å²) in [6.45, 7) is 2.41. The van der Waals surface area contributed by atoms with Gasteiger partial charge in [0.05, 0.1) is 14.2 Å². The molecule has 0 spiro atoms. The van der Waals surface area contributed by atoms with Crippen molar-refractivity contribution in [1.82, 2.24) is 10.3 Å². The highest BCUT2D eigenvalue weighted by molar-refractivity contribution is 5.85. The Morgan fingerprint density at radius 2 is 1.88 bits per heavy atom. The first-order valence-electron chi connectivity index (χ1n) is 10.5. The van der Waals surface area contributed by atoms with Crippen molar-refractivity contribution in [3.05, 3.63) is 69.7 Å². The summed E-state index contributed by atoms with van der Waals surface area (Å²) in [4.78, 5) is 27.3. The molecule has 0 saturated carbocycles. The fourth-order valence-corrected chi connectivity index (χ4v) is 3.94. The van der Waals surface area contributed by atoms with Gasteiger partial charge in [-0.05, 0) is 60.7 Å². The molecule has 0 unspecified atom stereocenters. The topological polar surface area (TPSA) is 93.6 Å². The second-order valence-corrected chi connectivity index (χ2v) is 7.73. The van der Waals surface area contributed by atoms with Gasteiger partial charge in [-0.25, -0.2) is 4.79 Å². The summed E-state index contributed by atoms with van der Waals surface area (Å²) in [5.74, 6) is 1.38. The van der Waals surface area contributed by atoms with E-state index in [2.05, 4.69) is 10.3 Å². The van der Waals surface area contributed by atoms with Crippen molar-refractivity contribution in [2.45, 2.75) is 26.2 Å². The van der Waals surface area contributed by atoms with Crippen LogP contribution < -0.4 is 20.4 Å². The van der Waals surface area contributed by atoms with Gasteiger partial charge in [0.25, 0.3) is 0 Å². The maximum atomic E-state index is 12.4. The SMILES string of the molecule is COc1ccc2[nH]cc(CCNC(=O)CCc3cc4c(C)cc(=O)oc4cc3OC)c2c1. The number of aromatic amines is 1. The van der Waals surface area contributed by atoms with Crippen LogP contribution in [0, 0.1) is 6.92 Å². The molecule has 0 aliphatic carbocycles. The lowest BCUT2D eigenvalue weighted by molar-refractivity contribution is -0.121. The largest absolute Gasteiger partial charge is 0.497 e. The molecule has 2 heterocycles. The second kappa shape index (κ2) is 9.18. The molecular weight excluding hydrogens is 408 g/mol. The Bertz CT molecular complexity index is 1340. The summed E-state index contributed by atoms with van der Waals surface area (Å²) in [7, 11) is 3.21. The minimum Gasteiger partial charge on any atom is -0.497 e. The average Bonchev–Trinajstić information content (AvgIpc) is 3.19. The van der Waals surface area contributed by atoms with Gasteiger partial charge >= 0.3 is 5.63 Å². The highest BCUT2D eigenvalue weighted by atomic mass is 16.5. The Hall–Kier alpha value is -3.74. The van der Waals surface area contributed by atoms with Crippen molar-refractivity contribution in [3.8, 4) is 11.5 Å². The fraction of sp³-hybridized carbons (Fsp3) is 0.280. The Morgan fingerprint density at radius 3 is 2.66 bits per heavy atom. The van der Waals surface area contributed by atoms with Crippen LogP contribution in [0.2, 0.25) is 0 Å². The number of amides is 1. The number of fused-ring (bicyclic) bond motifs is 2. The average molecular weight is 434 g/mol. The van der Waals surface area contributed by atoms with Crippen LogP contribution in [0.1, 0.15) is 23.1 Å². The van der Waals surface area contributed by atoms with E-state index in [0.29, 0.717) is 30.7 Å². The minimum absolute atomic E-state index is 0.0270. The lowest BCUT2D eigenvalue weighted by Crippen LogP contribution is -2.25. The Balaban J connectivity index is 1.38. The van der Waals surface area contributed by atoms with Crippen LogP contribution >= 0.6 is 0 Å². The maximum absolute atomic E-state index is 12.4. The summed E-state index contributed by atoms with van der Waals surface area (Å²) in [6.07, 6.45) is 3.54. The van der Waals surface area contributed by atoms with Gasteiger partial charge in [0, 0.05) is 47.6 Å². The molecule has 2 aromatic carbocycles. The summed E-state index contributed by atoms with van der Waals surface area (Å²) in [5, 5.41) is 4.94. The number of H-pyrrole nitrogens is 1. The number of rotatable bonds is 8. The van der Waals surface area contributed by atoms with Crippen LogP contribution in [-0.2, 0) is 17.6 Å². The van der Waals surface area contributed by atoms with Crippen LogP contribution in [0.3, 0.4) is 0 Å². The van der Waals surface area contributed by atoms with Crippen LogP contribution in [0.25, 0.3) is 21.9 Å². The Morgan fingerprint density at radius 1 is 1.03 bits per heavy atom. The Labute approximate surface area is 185 Å². The van der Waals surface area contributed by atoms with Crippen LogP contribution in [0.5, 0.6) is 11.5 Å². The predicted octanol–water partition coefficient (Wildman–Crippen LogP) is 3.89. The van der Waals surface area contributed by atoms with Crippen molar-refractivity contribution in [1.29, 1.82) is 0 Å². The first-order chi connectivity index (χ1) is 15.5. The molecule has 32 heavy (non-hydrogen) atoms. The smallest absolute Gasteiger partial charge is 0.336 e. The van der Waals surface area contributed by atoms with E-state index >= 15 is 0 Å². The van der Waals surface area contributed by atoms with E-state index in [4.69, 9.17) is 13.9 Å². The number of benzene rings is 2. The first-order valence-corrected chi connectivity index (χ1v) is 10.5. The number of ether oxygens (including phenoxy) is 2. The molecule has 166 valence electrons. The molecule has 4 rings (SSSR count). The molecule has 7 nitrogen and oxygen atoms in total. The minimum atomic E-state index is -0.391. The third-order valence-electron chi connectivity index (χ3n) is 5.66. The van der Waals surface area contributed by atoms with Gasteiger partial charge in [0.15, 0.2) is 0 Å². The number of hydrogen-bond donors (Lipinski definition) is 2. The molecule has 2 N–H and O–H groups in total. The molecule has 2 aromatic heterocycles. The van der Waals surface area contributed by atoms with Gasteiger partial charge in [0.2, 0.25) is 5.91 Å². The third-order valence-corrected chi connectivity index (χ3v) is 5.66.